The monoisotopic (exact) mass is 303 g/mol. The van der Waals surface area contributed by atoms with E-state index in [1.807, 2.05) is 0 Å². The quantitative estimate of drug-likeness (QED) is 0.797. The van der Waals surface area contributed by atoms with E-state index in [1.54, 1.807) is 0 Å². The molecule has 112 valence electrons. The molecule has 0 saturated heterocycles. The molecule has 0 fully saturated rings. The van der Waals surface area contributed by atoms with Gasteiger partial charge in [-0.2, -0.15) is 12.7 Å². The number of nitrogens with zero attached hydrogens (tertiary/aromatic N) is 3. The summed E-state index contributed by atoms with van der Waals surface area (Å²) in [5, 5.41) is 0. The van der Waals surface area contributed by atoms with Crippen LogP contribution in [0.25, 0.3) is 0 Å². The molecule has 6 nitrogen and oxygen atoms in total. The van der Waals surface area contributed by atoms with Crippen molar-refractivity contribution in [1.82, 2.24) is 9.21 Å². The number of hydrogen-bond donors (Lipinski definition) is 0. The summed E-state index contributed by atoms with van der Waals surface area (Å²) in [5.74, 6) is -1.15. The van der Waals surface area contributed by atoms with Crippen LogP contribution in [0.15, 0.2) is 24.3 Å². The largest absolute Gasteiger partial charge is 0.347 e. The minimum atomic E-state index is -3.96. The lowest BCUT2D eigenvalue weighted by atomic mass is 10.3. The lowest BCUT2D eigenvalue weighted by Crippen LogP contribution is -2.45. The third kappa shape index (κ3) is 3.45. The van der Waals surface area contributed by atoms with Gasteiger partial charge >= 0.3 is 10.2 Å². The van der Waals surface area contributed by atoms with Crippen molar-refractivity contribution in [1.29, 1.82) is 0 Å². The van der Waals surface area contributed by atoms with Crippen LogP contribution in [0, 0.1) is 5.82 Å². The van der Waals surface area contributed by atoms with E-state index < -0.39 is 28.5 Å². The van der Waals surface area contributed by atoms with Crippen LogP contribution in [0.1, 0.15) is 0 Å². The zero-order chi connectivity index (χ0) is 15.5. The van der Waals surface area contributed by atoms with Crippen LogP contribution in [0.5, 0.6) is 0 Å². The van der Waals surface area contributed by atoms with Crippen LogP contribution in [-0.2, 0) is 15.0 Å². The molecule has 0 aliphatic rings. The topological polar surface area (TPSA) is 60.9 Å². The molecule has 20 heavy (non-hydrogen) atoms. The first-order valence-electron chi connectivity index (χ1n) is 5.82. The van der Waals surface area contributed by atoms with E-state index in [-0.39, 0.29) is 5.69 Å². The fraction of sp³-hybridized carbons (Fsp3) is 0.417. The molecule has 0 N–H and O–H groups in total. The molecule has 0 saturated carbocycles. The Hall–Kier alpha value is -1.67. The molecule has 1 amide bonds. The summed E-state index contributed by atoms with van der Waals surface area (Å²) < 4.78 is 40.0. The highest BCUT2D eigenvalue weighted by molar-refractivity contribution is 7.90. The van der Waals surface area contributed by atoms with E-state index in [0.717, 1.165) is 14.7 Å². The minimum Gasteiger partial charge on any atom is -0.347 e. The van der Waals surface area contributed by atoms with Gasteiger partial charge in [0.25, 0.3) is 0 Å². The Morgan fingerprint density at radius 2 is 1.70 bits per heavy atom. The molecule has 0 radical (unpaired) electrons. The first-order valence-corrected chi connectivity index (χ1v) is 7.22. The van der Waals surface area contributed by atoms with Gasteiger partial charge in [0.15, 0.2) is 0 Å². The zero-order valence-electron chi connectivity index (χ0n) is 11.9. The van der Waals surface area contributed by atoms with Crippen LogP contribution in [-0.4, -0.2) is 58.3 Å². The van der Waals surface area contributed by atoms with Gasteiger partial charge < -0.3 is 4.90 Å². The molecule has 1 aromatic carbocycles. The highest BCUT2D eigenvalue weighted by atomic mass is 32.2. The Kier molecular flexibility index (Phi) is 5.07. The number of carbonyl (C=O) groups is 1. The fourth-order valence-corrected chi connectivity index (χ4v) is 2.47. The number of carbonyl (C=O) groups excluding carboxylic acids is 1. The second kappa shape index (κ2) is 6.19. The van der Waals surface area contributed by atoms with Crippen LogP contribution in [0.3, 0.4) is 0 Å². The second-order valence-electron chi connectivity index (χ2n) is 4.54. The van der Waals surface area contributed by atoms with Crippen molar-refractivity contribution in [2.45, 2.75) is 0 Å². The minimum absolute atomic E-state index is 0.156. The van der Waals surface area contributed by atoms with Gasteiger partial charge in [0, 0.05) is 28.2 Å². The van der Waals surface area contributed by atoms with E-state index in [1.165, 1.54) is 51.3 Å². The van der Waals surface area contributed by atoms with Crippen molar-refractivity contribution < 1.29 is 17.6 Å². The van der Waals surface area contributed by atoms with Crippen molar-refractivity contribution >= 4 is 21.8 Å². The Bertz CT molecular complexity index is 587. The molecule has 0 spiro atoms. The van der Waals surface area contributed by atoms with Crippen LogP contribution < -0.4 is 4.31 Å². The van der Waals surface area contributed by atoms with E-state index in [4.69, 9.17) is 0 Å². The summed E-state index contributed by atoms with van der Waals surface area (Å²) in [6.07, 6.45) is 0. The standard InChI is InChI=1S/C12H18FN3O3S/c1-14(2)12(17)9-16(20(18,19)15(3)4)11-8-6-5-7-10(11)13/h5-8H,9H2,1-4H3. The third-order valence-corrected chi connectivity index (χ3v) is 4.44. The Labute approximate surface area is 118 Å². The van der Waals surface area contributed by atoms with Crippen molar-refractivity contribution in [3.05, 3.63) is 30.1 Å². The highest BCUT2D eigenvalue weighted by Crippen LogP contribution is 2.22. The van der Waals surface area contributed by atoms with Gasteiger partial charge in [0.1, 0.15) is 12.4 Å². The van der Waals surface area contributed by atoms with Crippen molar-refractivity contribution in [3.63, 3.8) is 0 Å². The number of likely N-dealkylation sites (N-methyl/N-ethyl adjacent to an activating group) is 1. The number of hydrogen-bond acceptors (Lipinski definition) is 3. The van der Waals surface area contributed by atoms with Crippen LogP contribution >= 0.6 is 0 Å². The smallest absolute Gasteiger partial charge is 0.304 e. The molecule has 1 aromatic rings. The summed E-state index contributed by atoms with van der Waals surface area (Å²) in [4.78, 5) is 13.0. The second-order valence-corrected chi connectivity index (χ2v) is 6.60. The number of rotatable bonds is 5. The number of benzene rings is 1. The molecule has 0 aliphatic carbocycles. The van der Waals surface area contributed by atoms with Crippen LogP contribution in [0.4, 0.5) is 10.1 Å². The molecular weight excluding hydrogens is 285 g/mol. The lowest BCUT2D eigenvalue weighted by Gasteiger charge is -2.28. The van der Waals surface area contributed by atoms with E-state index in [0.29, 0.717) is 0 Å². The molecule has 0 aromatic heterocycles. The molecule has 0 bridgehead atoms. The van der Waals surface area contributed by atoms with Crippen molar-refractivity contribution in [2.24, 2.45) is 0 Å². The van der Waals surface area contributed by atoms with Gasteiger partial charge in [-0.1, -0.05) is 12.1 Å². The summed E-state index contributed by atoms with van der Waals surface area (Å²) in [5.41, 5.74) is -0.156. The van der Waals surface area contributed by atoms with Gasteiger partial charge in [-0.3, -0.25) is 4.79 Å². The summed E-state index contributed by atoms with van der Waals surface area (Å²) >= 11 is 0. The first kappa shape index (κ1) is 16.4. The Morgan fingerprint density at radius 1 is 1.15 bits per heavy atom. The molecular formula is C12H18FN3O3S. The van der Waals surface area contributed by atoms with Crippen molar-refractivity contribution in [3.8, 4) is 0 Å². The maximum absolute atomic E-state index is 13.8. The van der Waals surface area contributed by atoms with Gasteiger partial charge in [-0.15, -0.1) is 0 Å². The Balaban J connectivity index is 3.29. The normalized spacial score (nSPS) is 11.5. The fourth-order valence-electron chi connectivity index (χ4n) is 1.41. The maximum Gasteiger partial charge on any atom is 0.304 e. The predicted octanol–water partition coefficient (Wildman–Crippen LogP) is 0.527. The predicted molar refractivity (Wildman–Crippen MR) is 75.0 cm³/mol. The number of para-hydroxylation sites is 1. The molecule has 0 unspecified atom stereocenters. The lowest BCUT2D eigenvalue weighted by molar-refractivity contribution is -0.127. The van der Waals surface area contributed by atoms with Gasteiger partial charge in [-0.25, -0.2) is 8.70 Å². The van der Waals surface area contributed by atoms with E-state index >= 15 is 0 Å². The molecule has 1 rings (SSSR count). The molecule has 0 atom stereocenters. The molecule has 8 heteroatoms. The number of halogens is 1. The SMILES string of the molecule is CN(C)C(=O)CN(c1ccccc1F)S(=O)(=O)N(C)C. The van der Waals surface area contributed by atoms with E-state index in [2.05, 4.69) is 0 Å². The number of anilines is 1. The van der Waals surface area contributed by atoms with E-state index in [9.17, 15) is 17.6 Å². The summed E-state index contributed by atoms with van der Waals surface area (Å²) in [6, 6.07) is 5.43. The Morgan fingerprint density at radius 3 is 2.15 bits per heavy atom. The number of amides is 1. The van der Waals surface area contributed by atoms with Crippen molar-refractivity contribution in [2.75, 3.05) is 39.0 Å². The zero-order valence-corrected chi connectivity index (χ0v) is 12.7. The first-order chi connectivity index (χ1) is 9.17. The highest BCUT2D eigenvalue weighted by Gasteiger charge is 2.29. The maximum atomic E-state index is 13.8. The van der Waals surface area contributed by atoms with Gasteiger partial charge in [-0.05, 0) is 12.1 Å². The van der Waals surface area contributed by atoms with Crippen LogP contribution in [0.2, 0.25) is 0 Å². The average molecular weight is 303 g/mol. The molecule has 0 aliphatic heterocycles. The molecule has 0 heterocycles. The third-order valence-electron chi connectivity index (χ3n) is 2.64. The summed E-state index contributed by atoms with van der Waals surface area (Å²) in [7, 11) is 1.69. The average Bonchev–Trinajstić information content (AvgIpc) is 2.36. The van der Waals surface area contributed by atoms with Gasteiger partial charge in [0.05, 0.1) is 5.69 Å². The van der Waals surface area contributed by atoms with Gasteiger partial charge in [0.2, 0.25) is 5.91 Å². The summed E-state index contributed by atoms with van der Waals surface area (Å²) in [6.45, 7) is -0.464.